The van der Waals surface area contributed by atoms with Gasteiger partial charge in [-0.3, -0.25) is 9.69 Å². The molecule has 2 fully saturated rings. The second-order valence-corrected chi connectivity index (χ2v) is 11.7. The van der Waals surface area contributed by atoms with E-state index in [4.69, 9.17) is 16.3 Å². The van der Waals surface area contributed by atoms with Crippen LogP contribution < -0.4 is 4.90 Å². The van der Waals surface area contributed by atoms with Crippen molar-refractivity contribution in [3.63, 3.8) is 0 Å². The third kappa shape index (κ3) is 5.96. The van der Waals surface area contributed by atoms with E-state index >= 15 is 0 Å². The second-order valence-electron chi connectivity index (χ2n) is 11.3. The maximum absolute atomic E-state index is 13.3. The summed E-state index contributed by atoms with van der Waals surface area (Å²) in [4.78, 5) is 15.9. The summed E-state index contributed by atoms with van der Waals surface area (Å²) in [7, 11) is 0. The fourth-order valence-corrected chi connectivity index (χ4v) is 6.88. The fourth-order valence-electron chi connectivity index (χ4n) is 6.66. The lowest BCUT2D eigenvalue weighted by molar-refractivity contribution is -0.159. The molecule has 1 heterocycles. The van der Waals surface area contributed by atoms with Crippen LogP contribution in [0.3, 0.4) is 0 Å². The lowest BCUT2D eigenvalue weighted by Gasteiger charge is -2.53. The Morgan fingerprint density at radius 2 is 1.92 bits per heavy atom. The molecule has 2 aliphatic carbocycles. The summed E-state index contributed by atoms with van der Waals surface area (Å²) in [6, 6.07) is 4.12. The van der Waals surface area contributed by atoms with Gasteiger partial charge in [0.1, 0.15) is 6.10 Å². The van der Waals surface area contributed by atoms with Crippen LogP contribution >= 0.6 is 11.6 Å². The van der Waals surface area contributed by atoms with Gasteiger partial charge in [-0.2, -0.15) is 13.2 Å². The van der Waals surface area contributed by atoms with Crippen LogP contribution in [-0.4, -0.2) is 60.4 Å². The zero-order valence-corrected chi connectivity index (χ0v) is 22.8. The van der Waals surface area contributed by atoms with Crippen LogP contribution in [0.1, 0.15) is 52.5 Å². The van der Waals surface area contributed by atoms with Gasteiger partial charge in [0, 0.05) is 57.7 Å². The Bertz CT molecular complexity index is 1020. The molecule has 1 saturated heterocycles. The van der Waals surface area contributed by atoms with Gasteiger partial charge in [-0.15, -0.1) is 0 Å². The molecule has 0 radical (unpaired) electrons. The number of carbonyl (C=O) groups excluding carboxylic acids is 1. The highest BCUT2D eigenvalue weighted by Crippen LogP contribution is 2.51. The van der Waals surface area contributed by atoms with Gasteiger partial charge in [-0.05, 0) is 61.3 Å². The molecule has 6 atom stereocenters. The molecule has 3 aliphatic rings. The van der Waals surface area contributed by atoms with Crippen molar-refractivity contribution in [1.29, 1.82) is 0 Å². The minimum Gasteiger partial charge on any atom is -0.458 e. The molecule has 1 aromatic rings. The Kier molecular flexibility index (Phi) is 8.22. The van der Waals surface area contributed by atoms with Crippen molar-refractivity contribution in [3.05, 3.63) is 40.4 Å². The smallest absolute Gasteiger partial charge is 0.417 e. The number of hydrogen-bond acceptors (Lipinski definition) is 5. The summed E-state index contributed by atoms with van der Waals surface area (Å²) in [5.74, 6) is 0.429. The van der Waals surface area contributed by atoms with Crippen molar-refractivity contribution in [1.82, 2.24) is 4.90 Å². The number of alkyl halides is 3. The van der Waals surface area contributed by atoms with Gasteiger partial charge in [-0.1, -0.05) is 31.5 Å². The highest BCUT2D eigenvalue weighted by molar-refractivity contribution is 6.31. The predicted octanol–water partition coefficient (Wildman–Crippen LogP) is 5.79. The molecule has 37 heavy (non-hydrogen) atoms. The first-order chi connectivity index (χ1) is 17.3. The number of hydrogen-bond donors (Lipinski definition) is 1. The number of ether oxygens (including phenoxy) is 1. The molecule has 0 spiro atoms. The summed E-state index contributed by atoms with van der Waals surface area (Å²) in [5, 5.41) is 11.5. The molecule has 1 N–H and O–H groups in total. The van der Waals surface area contributed by atoms with E-state index in [0.717, 1.165) is 44.1 Å². The average molecular weight is 543 g/mol. The van der Waals surface area contributed by atoms with Crippen LogP contribution in [0.5, 0.6) is 0 Å². The lowest BCUT2D eigenvalue weighted by atomic mass is 9.57. The van der Waals surface area contributed by atoms with Crippen molar-refractivity contribution < 1.29 is 27.8 Å². The quantitative estimate of drug-likeness (QED) is 0.377. The number of piperazine rings is 1. The molecule has 206 valence electrons. The number of rotatable bonds is 5. The van der Waals surface area contributed by atoms with Gasteiger partial charge >= 0.3 is 12.1 Å². The third-order valence-electron chi connectivity index (χ3n) is 8.87. The Hall–Kier alpha value is -1.77. The van der Waals surface area contributed by atoms with E-state index in [0.29, 0.717) is 37.0 Å². The van der Waals surface area contributed by atoms with Crippen molar-refractivity contribution in [2.45, 2.75) is 64.8 Å². The number of esters is 1. The molecular formula is C28H38ClF3N2O3. The molecule has 4 rings (SSSR count). The normalized spacial score (nSPS) is 31.9. The molecule has 0 aromatic heterocycles. The maximum Gasteiger partial charge on any atom is 0.417 e. The van der Waals surface area contributed by atoms with E-state index in [9.17, 15) is 23.1 Å². The number of carbonyl (C=O) groups is 1. The lowest BCUT2D eigenvalue weighted by Crippen LogP contribution is -2.56. The van der Waals surface area contributed by atoms with Crippen molar-refractivity contribution in [2.75, 3.05) is 37.6 Å². The van der Waals surface area contributed by atoms with Gasteiger partial charge in [0.05, 0.1) is 16.2 Å². The molecule has 9 heteroatoms. The minimum atomic E-state index is -4.48. The van der Waals surface area contributed by atoms with Gasteiger partial charge < -0.3 is 14.7 Å². The third-order valence-corrected chi connectivity index (χ3v) is 9.20. The van der Waals surface area contributed by atoms with Crippen molar-refractivity contribution in [3.8, 4) is 0 Å². The molecule has 1 aliphatic heterocycles. The summed E-state index contributed by atoms with van der Waals surface area (Å²) in [5.41, 5.74) is -0.152. The van der Waals surface area contributed by atoms with E-state index in [1.54, 1.807) is 6.07 Å². The number of fused-ring (bicyclic) bond motifs is 1. The monoisotopic (exact) mass is 542 g/mol. The van der Waals surface area contributed by atoms with Crippen LogP contribution in [0.25, 0.3) is 0 Å². The highest BCUT2D eigenvalue weighted by atomic mass is 35.5. The standard InChI is InChI=1S/C28H38ClF3N2O3/c1-17-13-23-22(7-5-19(3)27(23,36)15-26(17)37-20(4)35)18(2)16-33-9-11-34(12-10-33)21-6-8-25(29)24(14-21)28(30,31)32/h6,8,13-14,18-19,22-23,26,36H,5,7,9-12,15-16H2,1-4H3/t18-,19-,22+,23-,26-,27-/m1/s1. The first-order valence-corrected chi connectivity index (χ1v) is 13.6. The zero-order chi connectivity index (χ0) is 27.1. The van der Waals surface area contributed by atoms with Gasteiger partial charge in [0.15, 0.2) is 0 Å². The first kappa shape index (κ1) is 28.2. The van der Waals surface area contributed by atoms with Crippen LogP contribution in [0.4, 0.5) is 18.9 Å². The molecule has 5 nitrogen and oxygen atoms in total. The minimum absolute atomic E-state index is 0.00852. The number of halogens is 4. The Morgan fingerprint density at radius 1 is 1.24 bits per heavy atom. The van der Waals surface area contributed by atoms with E-state index in [1.165, 1.54) is 13.0 Å². The van der Waals surface area contributed by atoms with E-state index < -0.39 is 17.3 Å². The van der Waals surface area contributed by atoms with Gasteiger partial charge in [0.2, 0.25) is 0 Å². The second kappa shape index (κ2) is 10.8. The Labute approximate surface area is 222 Å². The molecule has 1 aromatic carbocycles. The van der Waals surface area contributed by atoms with E-state index in [2.05, 4.69) is 24.8 Å². The summed E-state index contributed by atoms with van der Waals surface area (Å²) < 4.78 is 45.4. The molecule has 0 bridgehead atoms. The number of aliphatic hydroxyl groups is 1. The van der Waals surface area contributed by atoms with Crippen LogP contribution in [0.2, 0.25) is 5.02 Å². The van der Waals surface area contributed by atoms with E-state index in [1.807, 2.05) is 11.8 Å². The topological polar surface area (TPSA) is 53.0 Å². The summed E-state index contributed by atoms with van der Waals surface area (Å²) in [6.07, 6.45) is -0.327. The highest BCUT2D eigenvalue weighted by Gasteiger charge is 2.52. The van der Waals surface area contributed by atoms with Crippen molar-refractivity contribution in [2.24, 2.45) is 23.7 Å². The number of anilines is 1. The SMILES string of the molecule is CC(=O)O[C@@H]1C[C@@]2(O)[C@H](C)CC[C@@H]([C@H](C)CN3CCN(c4ccc(Cl)c(C(F)(F)F)c4)CC3)[C@H]2C=C1C. The molecule has 0 amide bonds. The van der Waals surface area contributed by atoms with Crippen LogP contribution in [-0.2, 0) is 15.7 Å². The average Bonchev–Trinajstić information content (AvgIpc) is 2.81. The first-order valence-electron chi connectivity index (χ1n) is 13.2. The Balaban J connectivity index is 1.40. The predicted molar refractivity (Wildman–Crippen MR) is 139 cm³/mol. The largest absolute Gasteiger partial charge is 0.458 e. The molecule has 0 unspecified atom stereocenters. The summed E-state index contributed by atoms with van der Waals surface area (Å²) >= 11 is 5.79. The van der Waals surface area contributed by atoms with Gasteiger partial charge in [-0.25, -0.2) is 0 Å². The molecular weight excluding hydrogens is 505 g/mol. The Morgan fingerprint density at radius 3 is 2.54 bits per heavy atom. The van der Waals surface area contributed by atoms with Crippen LogP contribution in [0, 0.1) is 23.7 Å². The zero-order valence-electron chi connectivity index (χ0n) is 22.0. The summed E-state index contributed by atoms with van der Waals surface area (Å²) in [6.45, 7) is 11.4. The fraction of sp³-hybridized carbons (Fsp3) is 0.679. The van der Waals surface area contributed by atoms with Crippen LogP contribution in [0.15, 0.2) is 29.8 Å². The van der Waals surface area contributed by atoms with Gasteiger partial charge in [0.25, 0.3) is 0 Å². The number of nitrogens with zero attached hydrogens (tertiary/aromatic N) is 2. The van der Waals surface area contributed by atoms with Crippen molar-refractivity contribution >= 4 is 23.3 Å². The maximum atomic E-state index is 13.3. The van der Waals surface area contributed by atoms with E-state index in [-0.39, 0.29) is 28.9 Å². The number of benzene rings is 1. The molecule has 1 saturated carbocycles.